The highest BCUT2D eigenvalue weighted by molar-refractivity contribution is 7.15. The normalized spacial score (nSPS) is 16.8. The molecule has 2 heterocycles. The van der Waals surface area contributed by atoms with Crippen LogP contribution in [-0.4, -0.2) is 22.1 Å². The summed E-state index contributed by atoms with van der Waals surface area (Å²) in [6.07, 6.45) is 1.14. The molecule has 3 N–H and O–H groups in total. The standard InChI is InChI=1S/C17H21N5O2S/c1-4-17(2,3)14-21-22-16(25-14)20-15(24)19-12-9-13(23)18-11-8-6-5-7-10(11)12/h5-8,12H,4,9H2,1-3H3,(H,18,23)(H2,19,20,22,24)/t12-/m1/s1. The zero-order valence-corrected chi connectivity index (χ0v) is 15.2. The third-order valence-electron chi connectivity index (χ3n) is 4.41. The molecule has 0 bridgehead atoms. The minimum atomic E-state index is -0.397. The van der Waals surface area contributed by atoms with Crippen LogP contribution in [0.15, 0.2) is 24.3 Å². The number of hydrogen-bond acceptors (Lipinski definition) is 5. The van der Waals surface area contributed by atoms with Crippen LogP contribution in [0.1, 0.15) is 50.2 Å². The Morgan fingerprint density at radius 2 is 2.12 bits per heavy atom. The maximum atomic E-state index is 12.3. The smallest absolute Gasteiger partial charge is 0.321 e. The molecule has 132 valence electrons. The van der Waals surface area contributed by atoms with Crippen LogP contribution in [0.2, 0.25) is 0 Å². The lowest BCUT2D eigenvalue weighted by atomic mass is 9.91. The van der Waals surface area contributed by atoms with Gasteiger partial charge in [0, 0.05) is 11.1 Å². The van der Waals surface area contributed by atoms with Crippen molar-refractivity contribution in [2.24, 2.45) is 0 Å². The fourth-order valence-electron chi connectivity index (χ4n) is 2.53. The number of nitrogens with zero attached hydrogens (tertiary/aromatic N) is 2. The molecule has 25 heavy (non-hydrogen) atoms. The first-order valence-corrected chi connectivity index (χ1v) is 9.01. The molecular formula is C17H21N5O2S. The first-order valence-electron chi connectivity index (χ1n) is 8.19. The second-order valence-electron chi connectivity index (χ2n) is 6.64. The summed E-state index contributed by atoms with van der Waals surface area (Å²) in [6, 6.07) is 6.68. The number of anilines is 2. The van der Waals surface area contributed by atoms with Crippen molar-refractivity contribution in [3.63, 3.8) is 0 Å². The van der Waals surface area contributed by atoms with E-state index in [4.69, 9.17) is 0 Å². The number of urea groups is 1. The van der Waals surface area contributed by atoms with Gasteiger partial charge in [-0.15, -0.1) is 10.2 Å². The minimum absolute atomic E-state index is 0.0749. The molecule has 1 aromatic carbocycles. The molecule has 2 aromatic rings. The summed E-state index contributed by atoms with van der Waals surface area (Å²) >= 11 is 1.37. The number of rotatable bonds is 4. The summed E-state index contributed by atoms with van der Waals surface area (Å²) < 4.78 is 0. The van der Waals surface area contributed by atoms with Crippen molar-refractivity contribution in [2.45, 2.75) is 45.1 Å². The van der Waals surface area contributed by atoms with E-state index in [1.165, 1.54) is 11.3 Å². The molecule has 0 unspecified atom stereocenters. The van der Waals surface area contributed by atoms with Crippen molar-refractivity contribution in [3.05, 3.63) is 34.8 Å². The maximum Gasteiger partial charge on any atom is 0.321 e. The Hall–Kier alpha value is -2.48. The van der Waals surface area contributed by atoms with E-state index in [0.29, 0.717) is 5.13 Å². The van der Waals surface area contributed by atoms with Crippen LogP contribution < -0.4 is 16.0 Å². The van der Waals surface area contributed by atoms with Crippen molar-refractivity contribution < 1.29 is 9.59 Å². The molecule has 1 atom stereocenters. The highest BCUT2D eigenvalue weighted by Crippen LogP contribution is 2.32. The lowest BCUT2D eigenvalue weighted by Crippen LogP contribution is -2.37. The number of benzene rings is 1. The predicted molar refractivity (Wildman–Crippen MR) is 97.8 cm³/mol. The zero-order chi connectivity index (χ0) is 18.0. The first-order chi connectivity index (χ1) is 11.9. The van der Waals surface area contributed by atoms with E-state index in [9.17, 15) is 9.59 Å². The monoisotopic (exact) mass is 359 g/mol. The molecule has 3 rings (SSSR count). The van der Waals surface area contributed by atoms with Gasteiger partial charge >= 0.3 is 6.03 Å². The van der Waals surface area contributed by atoms with Crippen LogP contribution in [0.4, 0.5) is 15.6 Å². The van der Waals surface area contributed by atoms with Gasteiger partial charge < -0.3 is 10.6 Å². The SMILES string of the molecule is CCC(C)(C)c1nnc(NC(=O)N[C@@H]2CC(=O)Nc3ccccc32)s1. The van der Waals surface area contributed by atoms with E-state index in [-0.39, 0.29) is 23.8 Å². The zero-order valence-electron chi connectivity index (χ0n) is 14.4. The van der Waals surface area contributed by atoms with Gasteiger partial charge in [-0.1, -0.05) is 50.3 Å². The molecule has 0 saturated heterocycles. The molecule has 7 nitrogen and oxygen atoms in total. The Morgan fingerprint density at radius 3 is 2.88 bits per heavy atom. The maximum absolute atomic E-state index is 12.3. The van der Waals surface area contributed by atoms with Crippen molar-refractivity contribution in [2.75, 3.05) is 10.6 Å². The largest absolute Gasteiger partial charge is 0.330 e. The van der Waals surface area contributed by atoms with E-state index in [1.54, 1.807) is 0 Å². The molecule has 0 spiro atoms. The van der Waals surface area contributed by atoms with Gasteiger partial charge in [-0.2, -0.15) is 0 Å². The van der Waals surface area contributed by atoms with Crippen LogP contribution >= 0.6 is 11.3 Å². The number of aromatic nitrogens is 2. The van der Waals surface area contributed by atoms with Crippen LogP contribution in [-0.2, 0) is 10.2 Å². The molecule has 8 heteroatoms. The molecule has 3 amide bonds. The molecule has 0 aliphatic carbocycles. The number of fused-ring (bicyclic) bond motifs is 1. The van der Waals surface area contributed by atoms with E-state index in [0.717, 1.165) is 22.7 Å². The number of hydrogen-bond donors (Lipinski definition) is 3. The topological polar surface area (TPSA) is 96.0 Å². The predicted octanol–water partition coefficient (Wildman–Crippen LogP) is 3.43. The molecule has 1 aliphatic rings. The van der Waals surface area contributed by atoms with Gasteiger partial charge in [0.05, 0.1) is 12.5 Å². The Balaban J connectivity index is 1.68. The summed E-state index contributed by atoms with van der Waals surface area (Å²) in [5.41, 5.74) is 1.54. The van der Waals surface area contributed by atoms with Crippen molar-refractivity contribution in [1.82, 2.24) is 15.5 Å². The highest BCUT2D eigenvalue weighted by Gasteiger charge is 2.27. The number of para-hydroxylation sites is 1. The molecule has 0 radical (unpaired) electrons. The van der Waals surface area contributed by atoms with E-state index in [2.05, 4.69) is 46.9 Å². The van der Waals surface area contributed by atoms with Gasteiger partial charge in [-0.25, -0.2) is 4.79 Å². The van der Waals surface area contributed by atoms with E-state index < -0.39 is 6.03 Å². The molecule has 0 saturated carbocycles. The van der Waals surface area contributed by atoms with Gasteiger partial charge in [-0.3, -0.25) is 10.1 Å². The summed E-state index contributed by atoms with van der Waals surface area (Å²) in [7, 11) is 0. The van der Waals surface area contributed by atoms with Crippen molar-refractivity contribution in [3.8, 4) is 0 Å². The Kier molecular flexibility index (Phi) is 4.71. The minimum Gasteiger partial charge on any atom is -0.330 e. The second-order valence-corrected chi connectivity index (χ2v) is 7.62. The van der Waals surface area contributed by atoms with Gasteiger partial charge in [0.1, 0.15) is 5.01 Å². The van der Waals surface area contributed by atoms with Crippen molar-refractivity contribution >= 4 is 34.1 Å². The average Bonchev–Trinajstić information content (AvgIpc) is 3.04. The number of nitrogens with one attached hydrogen (secondary N) is 3. The summed E-state index contributed by atoms with van der Waals surface area (Å²) in [4.78, 5) is 24.1. The Bertz CT molecular complexity index is 802. The quantitative estimate of drug-likeness (QED) is 0.779. The molecule has 1 aliphatic heterocycles. The lowest BCUT2D eigenvalue weighted by Gasteiger charge is -2.26. The Labute approximate surface area is 150 Å². The van der Waals surface area contributed by atoms with Crippen LogP contribution in [0.3, 0.4) is 0 Å². The Morgan fingerprint density at radius 1 is 1.36 bits per heavy atom. The highest BCUT2D eigenvalue weighted by atomic mass is 32.1. The van der Waals surface area contributed by atoms with Gasteiger partial charge in [-0.05, 0) is 18.1 Å². The third-order valence-corrected chi connectivity index (χ3v) is 5.62. The fourth-order valence-corrected chi connectivity index (χ4v) is 3.44. The summed E-state index contributed by atoms with van der Waals surface area (Å²) in [5.74, 6) is -0.119. The van der Waals surface area contributed by atoms with Crippen LogP contribution in [0.25, 0.3) is 0 Å². The average molecular weight is 359 g/mol. The summed E-state index contributed by atoms with van der Waals surface area (Å²) in [5, 5.41) is 17.9. The first kappa shape index (κ1) is 17.3. The van der Waals surface area contributed by atoms with Gasteiger partial charge in [0.25, 0.3) is 0 Å². The van der Waals surface area contributed by atoms with Crippen LogP contribution in [0.5, 0.6) is 0 Å². The molecule has 1 aromatic heterocycles. The van der Waals surface area contributed by atoms with Crippen LogP contribution in [0, 0.1) is 0 Å². The van der Waals surface area contributed by atoms with Gasteiger partial charge in [0.15, 0.2) is 0 Å². The number of carbonyl (C=O) groups excluding carboxylic acids is 2. The summed E-state index contributed by atoms with van der Waals surface area (Å²) in [6.45, 7) is 6.27. The third kappa shape index (κ3) is 3.79. The number of carbonyl (C=O) groups is 2. The molecular weight excluding hydrogens is 338 g/mol. The second kappa shape index (κ2) is 6.79. The van der Waals surface area contributed by atoms with E-state index in [1.807, 2.05) is 24.3 Å². The lowest BCUT2D eigenvalue weighted by molar-refractivity contribution is -0.116. The van der Waals surface area contributed by atoms with E-state index >= 15 is 0 Å². The number of amides is 3. The van der Waals surface area contributed by atoms with Crippen molar-refractivity contribution in [1.29, 1.82) is 0 Å². The fraction of sp³-hybridized carbons (Fsp3) is 0.412. The van der Waals surface area contributed by atoms with Gasteiger partial charge in [0.2, 0.25) is 11.0 Å². The molecule has 0 fully saturated rings.